The molecule has 0 saturated carbocycles. The maximum absolute atomic E-state index is 10.0. The maximum atomic E-state index is 10.0. The Morgan fingerprint density at radius 2 is 1.44 bits per heavy atom. The molecule has 0 atom stereocenters. The Hall–Kier alpha value is -1.70. The average Bonchev–Trinajstić information content (AvgIpc) is 2.20. The molecular formula is C4H3N3O2. The number of nitrogens with zero attached hydrogens (tertiary/aromatic N) is 2. The van der Waals surface area contributed by atoms with Gasteiger partial charge in [0.05, 0.1) is 0 Å². The predicted octanol–water partition coefficient (Wildman–Crippen LogP) is -0.771. The van der Waals surface area contributed by atoms with E-state index < -0.39 is 0 Å². The van der Waals surface area contributed by atoms with Gasteiger partial charge >= 0.3 is 0 Å². The van der Waals surface area contributed by atoms with Gasteiger partial charge < -0.3 is 0 Å². The third kappa shape index (κ3) is 2.19. The Kier molecular flexibility index (Phi) is 2.69. The fraction of sp³-hybridized carbons (Fsp3) is 0. The topological polar surface area (TPSA) is 93.8 Å². The standard InChI is InChI=1S/C4H3NO2.N2/c6-3-1-2-4(7)5-3;1-2/h1-2H,(H,5,6,7);. The van der Waals surface area contributed by atoms with Crippen LogP contribution in [0.1, 0.15) is 0 Å². The summed E-state index contributed by atoms with van der Waals surface area (Å²) in [5.74, 6) is -0.657. The molecule has 1 aliphatic rings. The molecule has 0 saturated heterocycles. The van der Waals surface area contributed by atoms with Gasteiger partial charge in [-0.05, 0) is 0 Å². The largest absolute Gasteiger partial charge is 0.289 e. The van der Waals surface area contributed by atoms with Crippen LogP contribution in [-0.4, -0.2) is 11.8 Å². The molecule has 0 aromatic rings. The van der Waals surface area contributed by atoms with E-state index >= 15 is 0 Å². The second kappa shape index (κ2) is 3.32. The zero-order valence-electron chi connectivity index (χ0n) is 4.37. The molecule has 0 aliphatic carbocycles. The van der Waals surface area contributed by atoms with E-state index in [1.807, 2.05) is 5.32 Å². The number of carbonyl (C=O) groups excluding carboxylic acids is 2. The molecule has 0 aromatic carbocycles. The molecule has 1 N–H and O–H groups in total. The summed E-state index contributed by atoms with van der Waals surface area (Å²) < 4.78 is 0. The van der Waals surface area contributed by atoms with Gasteiger partial charge in [-0.15, -0.1) is 0 Å². The normalized spacial score (nSPS) is 14.0. The number of rotatable bonds is 0. The monoisotopic (exact) mass is 125 g/mol. The van der Waals surface area contributed by atoms with Crippen LogP contribution in [0.3, 0.4) is 0 Å². The molecule has 46 valence electrons. The van der Waals surface area contributed by atoms with E-state index in [2.05, 4.69) is 0 Å². The van der Waals surface area contributed by atoms with Crippen LogP contribution in [-0.2, 0) is 9.59 Å². The first-order valence-electron chi connectivity index (χ1n) is 2.02. The lowest BCUT2D eigenvalue weighted by Gasteiger charge is -1.80. The third-order valence-corrected chi connectivity index (χ3v) is 0.632. The smallest absolute Gasteiger partial charge is 0.250 e. The molecule has 1 rings (SSSR count). The Bertz CT molecular complexity index is 165. The lowest BCUT2D eigenvalue weighted by molar-refractivity contribution is -0.123. The second-order valence-electron chi connectivity index (χ2n) is 1.19. The van der Waals surface area contributed by atoms with E-state index in [1.165, 1.54) is 12.2 Å². The summed E-state index contributed by atoms with van der Waals surface area (Å²) >= 11 is 0. The molecule has 5 nitrogen and oxygen atoms in total. The molecule has 0 unspecified atom stereocenters. The van der Waals surface area contributed by atoms with Gasteiger partial charge in [-0.1, -0.05) is 0 Å². The highest BCUT2D eigenvalue weighted by molar-refractivity contribution is 6.12. The summed E-state index contributed by atoms with van der Waals surface area (Å²) in [6.45, 7) is 0. The van der Waals surface area contributed by atoms with Crippen LogP contribution in [0.15, 0.2) is 12.2 Å². The van der Waals surface area contributed by atoms with Gasteiger partial charge in [0.2, 0.25) is 0 Å². The SMILES string of the molecule is N#N.O=C1C=CC(=O)N1. The molecule has 0 aromatic heterocycles. The number of nitrogens with one attached hydrogen (secondary N) is 1. The van der Waals surface area contributed by atoms with E-state index in [4.69, 9.17) is 10.8 Å². The first-order valence-corrected chi connectivity index (χ1v) is 2.02. The molecule has 0 radical (unpaired) electrons. The van der Waals surface area contributed by atoms with Crippen LogP contribution >= 0.6 is 0 Å². The molecule has 1 heterocycles. The minimum Gasteiger partial charge on any atom is -0.289 e. The van der Waals surface area contributed by atoms with Crippen molar-refractivity contribution in [2.45, 2.75) is 0 Å². The number of amides is 2. The van der Waals surface area contributed by atoms with Crippen molar-refractivity contribution in [2.75, 3.05) is 0 Å². The lowest BCUT2D eigenvalue weighted by Crippen LogP contribution is -2.19. The lowest BCUT2D eigenvalue weighted by atomic mass is 10.6. The van der Waals surface area contributed by atoms with E-state index in [1.54, 1.807) is 0 Å². The zero-order chi connectivity index (χ0) is 7.28. The van der Waals surface area contributed by atoms with Gasteiger partial charge in [-0.3, -0.25) is 14.9 Å². The first kappa shape index (κ1) is 7.30. The summed E-state index contributed by atoms with van der Waals surface area (Å²) in [5, 5.41) is 14.0. The van der Waals surface area contributed by atoms with E-state index in [9.17, 15) is 9.59 Å². The fourth-order valence-electron chi connectivity index (χ4n) is 0.356. The second-order valence-corrected chi connectivity index (χ2v) is 1.19. The van der Waals surface area contributed by atoms with Crippen molar-refractivity contribution in [3.05, 3.63) is 12.2 Å². The number of imide groups is 1. The van der Waals surface area contributed by atoms with Crippen molar-refractivity contribution in [2.24, 2.45) is 0 Å². The summed E-state index contributed by atoms with van der Waals surface area (Å²) in [4.78, 5) is 20.1. The third-order valence-electron chi connectivity index (χ3n) is 0.632. The van der Waals surface area contributed by atoms with E-state index in [-0.39, 0.29) is 11.8 Å². The first-order chi connectivity index (χ1) is 4.29. The Morgan fingerprint density at radius 3 is 1.56 bits per heavy atom. The molecule has 0 fully saturated rings. The van der Waals surface area contributed by atoms with Gasteiger partial charge in [0.15, 0.2) is 0 Å². The number of hydrogen-bond acceptors (Lipinski definition) is 4. The quantitative estimate of drug-likeness (QED) is 0.339. The number of hydrogen-bond donors (Lipinski definition) is 1. The highest BCUT2D eigenvalue weighted by atomic mass is 16.2. The van der Waals surface area contributed by atoms with Gasteiger partial charge in [0.25, 0.3) is 11.8 Å². The van der Waals surface area contributed by atoms with Gasteiger partial charge in [-0.2, -0.15) is 0 Å². The van der Waals surface area contributed by atoms with Gasteiger partial charge in [0, 0.05) is 22.9 Å². The average molecular weight is 125 g/mol. The molecule has 0 spiro atoms. The fourth-order valence-corrected chi connectivity index (χ4v) is 0.356. The van der Waals surface area contributed by atoms with Crippen LogP contribution in [0, 0.1) is 10.8 Å². The van der Waals surface area contributed by atoms with Gasteiger partial charge in [-0.25, -0.2) is 0 Å². The highest BCUT2D eigenvalue weighted by Crippen LogP contribution is 1.82. The molecule has 2 amide bonds. The molecule has 0 bridgehead atoms. The van der Waals surface area contributed by atoms with Crippen molar-refractivity contribution in [3.8, 4) is 0 Å². The summed E-state index contributed by atoms with van der Waals surface area (Å²) in [6.07, 6.45) is 2.39. The Morgan fingerprint density at radius 1 is 1.11 bits per heavy atom. The van der Waals surface area contributed by atoms with Crippen molar-refractivity contribution in [1.29, 1.82) is 10.8 Å². The molecular weight excluding hydrogens is 122 g/mol. The number of carbonyl (C=O) groups is 2. The van der Waals surface area contributed by atoms with Crippen molar-refractivity contribution < 1.29 is 9.59 Å². The van der Waals surface area contributed by atoms with Crippen molar-refractivity contribution >= 4 is 11.8 Å². The van der Waals surface area contributed by atoms with Crippen LogP contribution < -0.4 is 5.32 Å². The minimum absolute atomic E-state index is 0.329. The summed E-state index contributed by atoms with van der Waals surface area (Å²) in [6, 6.07) is 0. The van der Waals surface area contributed by atoms with E-state index in [0.29, 0.717) is 0 Å². The molecule has 9 heavy (non-hydrogen) atoms. The van der Waals surface area contributed by atoms with E-state index in [0.717, 1.165) is 0 Å². The van der Waals surface area contributed by atoms with Crippen molar-refractivity contribution in [1.82, 2.24) is 5.32 Å². The van der Waals surface area contributed by atoms with Crippen LogP contribution in [0.25, 0.3) is 0 Å². The minimum atomic E-state index is -0.329. The summed E-state index contributed by atoms with van der Waals surface area (Å²) in [5.41, 5.74) is 0. The molecule has 5 heteroatoms. The highest BCUT2D eigenvalue weighted by Gasteiger charge is 2.06. The van der Waals surface area contributed by atoms with Crippen LogP contribution in [0.5, 0.6) is 0 Å². The zero-order valence-corrected chi connectivity index (χ0v) is 4.37. The maximum Gasteiger partial charge on any atom is 0.250 e. The Labute approximate surface area is 50.8 Å². The van der Waals surface area contributed by atoms with Crippen molar-refractivity contribution in [3.63, 3.8) is 0 Å². The Balaban J connectivity index is 0.000000291. The van der Waals surface area contributed by atoms with Gasteiger partial charge in [0.1, 0.15) is 0 Å². The van der Waals surface area contributed by atoms with Crippen LogP contribution in [0.2, 0.25) is 0 Å². The molecule has 1 aliphatic heterocycles. The predicted molar refractivity (Wildman–Crippen MR) is 25.7 cm³/mol. The summed E-state index contributed by atoms with van der Waals surface area (Å²) in [7, 11) is 0. The van der Waals surface area contributed by atoms with Crippen LogP contribution in [0.4, 0.5) is 0 Å².